The lowest BCUT2D eigenvalue weighted by atomic mass is 9.86. The molecular formula is C24H31NO. The van der Waals surface area contributed by atoms with E-state index < -0.39 is 0 Å². The summed E-state index contributed by atoms with van der Waals surface area (Å²) in [5.41, 5.74) is 7.13. The van der Waals surface area contributed by atoms with Crippen LogP contribution in [0.15, 0.2) is 71.4 Å². The van der Waals surface area contributed by atoms with E-state index in [1.165, 1.54) is 28.0 Å². The van der Waals surface area contributed by atoms with E-state index in [1.807, 2.05) is 24.3 Å². The van der Waals surface area contributed by atoms with E-state index in [4.69, 9.17) is 0 Å². The van der Waals surface area contributed by atoms with Crippen LogP contribution in [0.1, 0.15) is 50.9 Å². The molecule has 0 N–H and O–H groups in total. The van der Waals surface area contributed by atoms with Gasteiger partial charge in [-0.1, -0.05) is 36.0 Å². The van der Waals surface area contributed by atoms with Gasteiger partial charge in [0.05, 0.1) is 0 Å². The summed E-state index contributed by atoms with van der Waals surface area (Å²) in [6, 6.07) is 7.86. The molecule has 1 aromatic rings. The van der Waals surface area contributed by atoms with Crippen LogP contribution in [0.3, 0.4) is 0 Å². The highest BCUT2D eigenvalue weighted by atomic mass is 16.1. The second-order valence-electron chi connectivity index (χ2n) is 7.39. The van der Waals surface area contributed by atoms with E-state index in [-0.39, 0.29) is 0 Å². The van der Waals surface area contributed by atoms with Crippen LogP contribution in [-0.2, 0) is 0 Å². The molecule has 1 fully saturated rings. The number of aldehydes is 1. The Kier molecular flexibility index (Phi) is 7.20. The lowest BCUT2D eigenvalue weighted by Gasteiger charge is -2.34. The van der Waals surface area contributed by atoms with Crippen LogP contribution in [0.2, 0.25) is 0 Å². The van der Waals surface area contributed by atoms with Crippen molar-refractivity contribution in [3.05, 3.63) is 76.9 Å². The predicted molar refractivity (Wildman–Crippen MR) is 113 cm³/mol. The number of carbonyl (C=O) groups excluding carboxylic acids is 1. The summed E-state index contributed by atoms with van der Waals surface area (Å²) >= 11 is 0. The number of nitrogens with zero attached hydrogens (tertiary/aromatic N) is 1. The van der Waals surface area contributed by atoms with Gasteiger partial charge in [-0.15, -0.1) is 0 Å². The molecule has 2 nitrogen and oxygen atoms in total. The number of carbonyl (C=O) groups is 1. The number of piperidine rings is 1. The zero-order valence-corrected chi connectivity index (χ0v) is 16.6. The average Bonchev–Trinajstić information content (AvgIpc) is 2.67. The van der Waals surface area contributed by atoms with Crippen molar-refractivity contribution in [3.8, 4) is 0 Å². The molecule has 0 spiro atoms. The molecule has 138 valence electrons. The Balaban J connectivity index is 1.92. The molecule has 0 radical (unpaired) electrons. The van der Waals surface area contributed by atoms with Crippen LogP contribution >= 0.6 is 0 Å². The maximum atomic E-state index is 10.8. The van der Waals surface area contributed by atoms with Gasteiger partial charge in [-0.2, -0.15) is 0 Å². The Morgan fingerprint density at radius 1 is 1.08 bits per heavy atom. The fourth-order valence-corrected chi connectivity index (χ4v) is 3.18. The molecule has 2 rings (SSSR count). The van der Waals surface area contributed by atoms with Crippen LogP contribution in [0, 0.1) is 5.92 Å². The number of hydrogen-bond donors (Lipinski definition) is 0. The Morgan fingerprint density at radius 3 is 2.23 bits per heavy atom. The summed E-state index contributed by atoms with van der Waals surface area (Å²) in [5, 5.41) is 0. The minimum Gasteiger partial charge on any atom is -0.371 e. The maximum Gasteiger partial charge on any atom is 0.150 e. The molecule has 0 bridgehead atoms. The second kappa shape index (κ2) is 9.38. The molecular weight excluding hydrogens is 318 g/mol. The van der Waals surface area contributed by atoms with Gasteiger partial charge in [-0.05, 0) is 81.9 Å². The maximum absolute atomic E-state index is 10.8. The Bertz CT molecular complexity index is 722. The summed E-state index contributed by atoms with van der Waals surface area (Å²) in [6.07, 6.45) is 9.61. The first kappa shape index (κ1) is 20.0. The molecule has 1 aliphatic rings. The molecule has 1 aliphatic heterocycles. The quantitative estimate of drug-likeness (QED) is 0.455. The van der Waals surface area contributed by atoms with Crippen molar-refractivity contribution in [1.29, 1.82) is 0 Å². The summed E-state index contributed by atoms with van der Waals surface area (Å²) in [6.45, 7) is 15.0. The fraction of sp³-hybridized carbons (Fsp3) is 0.375. The molecule has 2 heteroatoms. The minimum absolute atomic E-state index is 0.551. The largest absolute Gasteiger partial charge is 0.371 e. The smallest absolute Gasteiger partial charge is 0.150 e. The molecule has 0 aliphatic carbocycles. The Hall–Kier alpha value is -2.35. The van der Waals surface area contributed by atoms with Gasteiger partial charge in [0, 0.05) is 24.3 Å². The van der Waals surface area contributed by atoms with Gasteiger partial charge in [-0.3, -0.25) is 4.79 Å². The van der Waals surface area contributed by atoms with Gasteiger partial charge in [0.1, 0.15) is 6.29 Å². The lowest BCUT2D eigenvalue weighted by molar-refractivity contribution is 0.112. The summed E-state index contributed by atoms with van der Waals surface area (Å²) < 4.78 is 0. The number of hydrogen-bond acceptors (Lipinski definition) is 2. The normalized spacial score (nSPS) is 16.0. The first-order valence-electron chi connectivity index (χ1n) is 9.40. The SMILES string of the molecule is C=C(/C(C)=C/C=C/C(C)=C(C)C)C1CCN(c2ccc(C=O)cc2)CC1. The third-order valence-electron chi connectivity index (χ3n) is 5.37. The highest BCUT2D eigenvalue weighted by Gasteiger charge is 2.22. The molecule has 0 amide bonds. The van der Waals surface area contributed by atoms with Gasteiger partial charge >= 0.3 is 0 Å². The molecule has 1 saturated heterocycles. The summed E-state index contributed by atoms with van der Waals surface area (Å²) in [7, 11) is 0. The summed E-state index contributed by atoms with van der Waals surface area (Å²) in [5.74, 6) is 0.551. The van der Waals surface area contributed by atoms with Crippen molar-refractivity contribution in [2.45, 2.75) is 40.5 Å². The molecule has 0 saturated carbocycles. The third kappa shape index (κ3) is 5.32. The van der Waals surface area contributed by atoms with Crippen molar-refractivity contribution in [3.63, 3.8) is 0 Å². The van der Waals surface area contributed by atoms with Gasteiger partial charge in [0.25, 0.3) is 0 Å². The van der Waals surface area contributed by atoms with E-state index >= 15 is 0 Å². The molecule has 0 aromatic heterocycles. The fourth-order valence-electron chi connectivity index (χ4n) is 3.18. The van der Waals surface area contributed by atoms with Gasteiger partial charge in [0.2, 0.25) is 0 Å². The van der Waals surface area contributed by atoms with Crippen LogP contribution in [0.5, 0.6) is 0 Å². The van der Waals surface area contributed by atoms with E-state index in [2.05, 4.69) is 57.4 Å². The standard InChI is InChI=1S/C24H31NO/c1-18(2)19(3)7-6-8-20(4)21(5)23-13-15-25(16-14-23)24-11-9-22(17-26)10-12-24/h6-12,17,23H,5,13-16H2,1-4H3/b7-6+,20-8+. The highest BCUT2D eigenvalue weighted by molar-refractivity contribution is 5.75. The Labute approximate surface area is 158 Å². The number of allylic oxidation sites excluding steroid dienone is 7. The molecule has 1 heterocycles. The van der Waals surface area contributed by atoms with Gasteiger partial charge in [-0.25, -0.2) is 0 Å². The summed E-state index contributed by atoms with van der Waals surface area (Å²) in [4.78, 5) is 13.2. The van der Waals surface area contributed by atoms with E-state index in [0.717, 1.165) is 37.8 Å². The van der Waals surface area contributed by atoms with E-state index in [1.54, 1.807) is 0 Å². The first-order valence-corrected chi connectivity index (χ1v) is 9.40. The van der Waals surface area contributed by atoms with Crippen molar-refractivity contribution < 1.29 is 4.79 Å². The number of benzene rings is 1. The minimum atomic E-state index is 0.551. The van der Waals surface area contributed by atoms with Crippen LogP contribution < -0.4 is 4.90 Å². The number of rotatable bonds is 6. The van der Waals surface area contributed by atoms with Crippen LogP contribution in [0.4, 0.5) is 5.69 Å². The monoisotopic (exact) mass is 349 g/mol. The van der Waals surface area contributed by atoms with Gasteiger partial charge in [0.15, 0.2) is 0 Å². The first-order chi connectivity index (χ1) is 12.4. The number of anilines is 1. The Morgan fingerprint density at radius 2 is 1.69 bits per heavy atom. The molecule has 0 atom stereocenters. The van der Waals surface area contributed by atoms with E-state index in [0.29, 0.717) is 5.92 Å². The zero-order chi connectivity index (χ0) is 19.1. The second-order valence-corrected chi connectivity index (χ2v) is 7.39. The van der Waals surface area contributed by atoms with E-state index in [9.17, 15) is 4.79 Å². The van der Waals surface area contributed by atoms with Crippen molar-refractivity contribution >= 4 is 12.0 Å². The third-order valence-corrected chi connectivity index (χ3v) is 5.37. The van der Waals surface area contributed by atoms with Crippen LogP contribution in [-0.4, -0.2) is 19.4 Å². The highest BCUT2D eigenvalue weighted by Crippen LogP contribution is 2.30. The average molecular weight is 350 g/mol. The topological polar surface area (TPSA) is 20.3 Å². The van der Waals surface area contributed by atoms with Gasteiger partial charge < -0.3 is 4.90 Å². The molecule has 1 aromatic carbocycles. The predicted octanol–water partition coefficient (Wildman–Crippen LogP) is 6.13. The van der Waals surface area contributed by atoms with Crippen molar-refractivity contribution in [2.24, 2.45) is 5.92 Å². The van der Waals surface area contributed by atoms with Crippen molar-refractivity contribution in [1.82, 2.24) is 0 Å². The zero-order valence-electron chi connectivity index (χ0n) is 16.6. The van der Waals surface area contributed by atoms with Crippen LogP contribution in [0.25, 0.3) is 0 Å². The molecule has 0 unspecified atom stereocenters. The lowest BCUT2D eigenvalue weighted by Crippen LogP contribution is -2.34. The molecule has 26 heavy (non-hydrogen) atoms. The van der Waals surface area contributed by atoms with Crippen molar-refractivity contribution in [2.75, 3.05) is 18.0 Å².